The predicted octanol–water partition coefficient (Wildman–Crippen LogP) is 2.31. The summed E-state index contributed by atoms with van der Waals surface area (Å²) in [6.45, 7) is 2.52. The highest BCUT2D eigenvalue weighted by atomic mass is 16.5. The number of rotatable bonds is 4. The molecule has 2 N–H and O–H groups in total. The van der Waals surface area contributed by atoms with Crippen LogP contribution in [0, 0.1) is 0 Å². The summed E-state index contributed by atoms with van der Waals surface area (Å²) in [5.41, 5.74) is 8.11. The van der Waals surface area contributed by atoms with Crippen molar-refractivity contribution in [3.8, 4) is 22.8 Å². The number of nitrogen functional groups attached to an aromatic ring is 1. The van der Waals surface area contributed by atoms with Crippen molar-refractivity contribution < 1.29 is 4.74 Å². The molecular weight excluding hydrogens is 266 g/mol. The highest BCUT2D eigenvalue weighted by molar-refractivity contribution is 5.61. The molecule has 6 nitrogen and oxygen atoms in total. The molecule has 0 aliphatic heterocycles. The van der Waals surface area contributed by atoms with Crippen LogP contribution in [0.5, 0.6) is 5.75 Å². The molecule has 0 spiro atoms. The SMILES string of the molecule is CCOc1ccccc1-n1nnnc1-c1ccc(N)cc1. The number of para-hydroxylation sites is 2. The average Bonchev–Trinajstić information content (AvgIpc) is 2.98. The van der Waals surface area contributed by atoms with Gasteiger partial charge in [0.2, 0.25) is 0 Å². The van der Waals surface area contributed by atoms with E-state index in [1.807, 2.05) is 55.5 Å². The number of aromatic nitrogens is 4. The Morgan fingerprint density at radius 1 is 1.10 bits per heavy atom. The molecular formula is C15H15N5O. The van der Waals surface area contributed by atoms with E-state index >= 15 is 0 Å². The average molecular weight is 281 g/mol. The van der Waals surface area contributed by atoms with Crippen molar-refractivity contribution >= 4 is 5.69 Å². The Hall–Kier alpha value is -2.89. The minimum Gasteiger partial charge on any atom is -0.492 e. The first kappa shape index (κ1) is 13.1. The van der Waals surface area contributed by atoms with E-state index in [4.69, 9.17) is 10.5 Å². The van der Waals surface area contributed by atoms with E-state index in [0.717, 1.165) is 17.0 Å². The lowest BCUT2D eigenvalue weighted by Gasteiger charge is -2.10. The highest BCUT2D eigenvalue weighted by Gasteiger charge is 2.14. The maximum atomic E-state index is 5.71. The van der Waals surface area contributed by atoms with Gasteiger partial charge in [-0.2, -0.15) is 4.68 Å². The lowest BCUT2D eigenvalue weighted by Crippen LogP contribution is -2.04. The van der Waals surface area contributed by atoms with Crippen LogP contribution in [0.4, 0.5) is 5.69 Å². The van der Waals surface area contributed by atoms with Gasteiger partial charge < -0.3 is 10.5 Å². The van der Waals surface area contributed by atoms with Crippen molar-refractivity contribution in [3.05, 3.63) is 48.5 Å². The highest BCUT2D eigenvalue weighted by Crippen LogP contribution is 2.26. The number of nitrogens with two attached hydrogens (primary N) is 1. The Morgan fingerprint density at radius 2 is 1.86 bits per heavy atom. The summed E-state index contributed by atoms with van der Waals surface area (Å²) < 4.78 is 7.30. The van der Waals surface area contributed by atoms with Crippen LogP contribution in [-0.2, 0) is 0 Å². The number of hydrogen-bond donors (Lipinski definition) is 1. The van der Waals surface area contributed by atoms with E-state index in [1.54, 1.807) is 4.68 Å². The Morgan fingerprint density at radius 3 is 2.62 bits per heavy atom. The van der Waals surface area contributed by atoms with Crippen LogP contribution in [0.3, 0.4) is 0 Å². The summed E-state index contributed by atoms with van der Waals surface area (Å²) in [4.78, 5) is 0. The van der Waals surface area contributed by atoms with E-state index in [9.17, 15) is 0 Å². The molecule has 21 heavy (non-hydrogen) atoms. The zero-order chi connectivity index (χ0) is 14.7. The van der Waals surface area contributed by atoms with E-state index in [2.05, 4.69) is 15.5 Å². The summed E-state index contributed by atoms with van der Waals surface area (Å²) >= 11 is 0. The second-order valence-corrected chi connectivity index (χ2v) is 4.44. The molecule has 2 aromatic carbocycles. The number of nitrogens with zero attached hydrogens (tertiary/aromatic N) is 4. The van der Waals surface area contributed by atoms with Gasteiger partial charge >= 0.3 is 0 Å². The molecule has 0 atom stereocenters. The van der Waals surface area contributed by atoms with Crippen LogP contribution in [0.25, 0.3) is 17.1 Å². The second-order valence-electron chi connectivity index (χ2n) is 4.44. The van der Waals surface area contributed by atoms with Crippen molar-refractivity contribution in [3.63, 3.8) is 0 Å². The fourth-order valence-electron chi connectivity index (χ4n) is 2.07. The smallest absolute Gasteiger partial charge is 0.187 e. The fraction of sp³-hybridized carbons (Fsp3) is 0.133. The molecule has 3 aromatic rings. The summed E-state index contributed by atoms with van der Waals surface area (Å²) in [6.07, 6.45) is 0. The molecule has 106 valence electrons. The minimum atomic E-state index is 0.580. The summed E-state index contributed by atoms with van der Waals surface area (Å²) in [7, 11) is 0. The number of benzene rings is 2. The predicted molar refractivity (Wildman–Crippen MR) is 80.2 cm³/mol. The number of anilines is 1. The van der Waals surface area contributed by atoms with Crippen LogP contribution in [-0.4, -0.2) is 26.8 Å². The third-order valence-corrected chi connectivity index (χ3v) is 3.03. The van der Waals surface area contributed by atoms with Crippen LogP contribution >= 0.6 is 0 Å². The zero-order valence-corrected chi connectivity index (χ0v) is 11.6. The van der Waals surface area contributed by atoms with E-state index in [1.165, 1.54) is 0 Å². The van der Waals surface area contributed by atoms with Gasteiger partial charge in [-0.05, 0) is 53.7 Å². The molecule has 0 unspecified atom stereocenters. The molecule has 0 radical (unpaired) electrons. The van der Waals surface area contributed by atoms with Gasteiger partial charge in [-0.25, -0.2) is 0 Å². The van der Waals surface area contributed by atoms with Gasteiger partial charge in [0, 0.05) is 11.3 Å². The normalized spacial score (nSPS) is 10.5. The molecule has 0 amide bonds. The Bertz CT molecular complexity index is 736. The van der Waals surface area contributed by atoms with Gasteiger partial charge in [-0.15, -0.1) is 5.10 Å². The number of ether oxygens (including phenoxy) is 1. The summed E-state index contributed by atoms with van der Waals surface area (Å²) in [5, 5.41) is 11.9. The Balaban J connectivity index is 2.09. The van der Waals surface area contributed by atoms with Crippen molar-refractivity contribution in [2.75, 3.05) is 12.3 Å². The van der Waals surface area contributed by atoms with Gasteiger partial charge in [0.15, 0.2) is 5.82 Å². The van der Waals surface area contributed by atoms with Crippen molar-refractivity contribution in [1.29, 1.82) is 0 Å². The monoisotopic (exact) mass is 281 g/mol. The van der Waals surface area contributed by atoms with Crippen LogP contribution < -0.4 is 10.5 Å². The lowest BCUT2D eigenvalue weighted by molar-refractivity contribution is 0.338. The Kier molecular flexibility index (Phi) is 3.51. The molecule has 1 heterocycles. The lowest BCUT2D eigenvalue weighted by atomic mass is 10.2. The first-order chi connectivity index (χ1) is 10.3. The maximum absolute atomic E-state index is 5.71. The molecule has 1 aromatic heterocycles. The van der Waals surface area contributed by atoms with Crippen molar-refractivity contribution in [2.24, 2.45) is 0 Å². The zero-order valence-electron chi connectivity index (χ0n) is 11.6. The number of tetrazole rings is 1. The minimum absolute atomic E-state index is 0.580. The van der Waals surface area contributed by atoms with Gasteiger partial charge in [0.25, 0.3) is 0 Å². The molecule has 0 bridgehead atoms. The molecule has 0 aliphatic carbocycles. The second kappa shape index (κ2) is 5.62. The largest absolute Gasteiger partial charge is 0.492 e. The molecule has 3 rings (SSSR count). The van der Waals surface area contributed by atoms with Crippen molar-refractivity contribution in [2.45, 2.75) is 6.92 Å². The van der Waals surface area contributed by atoms with E-state index in [0.29, 0.717) is 18.1 Å². The molecule has 0 saturated carbocycles. The van der Waals surface area contributed by atoms with Crippen molar-refractivity contribution in [1.82, 2.24) is 20.2 Å². The standard InChI is InChI=1S/C15H15N5O/c1-2-21-14-6-4-3-5-13(14)20-15(17-18-19-20)11-7-9-12(16)10-8-11/h3-10H,2,16H2,1H3. The molecule has 0 fully saturated rings. The van der Waals surface area contributed by atoms with Gasteiger partial charge in [0.1, 0.15) is 11.4 Å². The molecule has 6 heteroatoms. The quantitative estimate of drug-likeness (QED) is 0.742. The topological polar surface area (TPSA) is 78.8 Å². The molecule has 0 saturated heterocycles. The maximum Gasteiger partial charge on any atom is 0.187 e. The first-order valence-electron chi connectivity index (χ1n) is 6.66. The van der Waals surface area contributed by atoms with Crippen LogP contribution in [0.15, 0.2) is 48.5 Å². The van der Waals surface area contributed by atoms with Crippen LogP contribution in [0.2, 0.25) is 0 Å². The summed E-state index contributed by atoms with van der Waals surface area (Å²) in [6, 6.07) is 15.1. The third-order valence-electron chi connectivity index (χ3n) is 3.03. The third kappa shape index (κ3) is 2.55. The Labute approximate surface area is 122 Å². The fourth-order valence-corrected chi connectivity index (χ4v) is 2.07. The van der Waals surface area contributed by atoms with Gasteiger partial charge in [-0.3, -0.25) is 0 Å². The molecule has 0 aliphatic rings. The van der Waals surface area contributed by atoms with E-state index in [-0.39, 0.29) is 0 Å². The van der Waals surface area contributed by atoms with Gasteiger partial charge in [-0.1, -0.05) is 12.1 Å². The number of hydrogen-bond acceptors (Lipinski definition) is 5. The first-order valence-corrected chi connectivity index (χ1v) is 6.66. The van der Waals surface area contributed by atoms with Gasteiger partial charge in [0.05, 0.1) is 6.61 Å². The van der Waals surface area contributed by atoms with Crippen LogP contribution in [0.1, 0.15) is 6.92 Å². The van der Waals surface area contributed by atoms with E-state index < -0.39 is 0 Å². The summed E-state index contributed by atoms with van der Waals surface area (Å²) in [5.74, 6) is 1.38.